The van der Waals surface area contributed by atoms with Crippen molar-refractivity contribution in [1.29, 1.82) is 0 Å². The maximum absolute atomic E-state index is 11.0. The number of carboxylic acid groups (broad SMARTS) is 1. The van der Waals surface area contributed by atoms with Crippen molar-refractivity contribution >= 4 is 11.8 Å². The highest BCUT2D eigenvalue weighted by Crippen LogP contribution is 2.11. The number of anilines is 1. The molecule has 0 amide bonds. The second-order valence-electron chi connectivity index (χ2n) is 3.69. The van der Waals surface area contributed by atoms with Crippen molar-refractivity contribution in [3.05, 3.63) is 47.7 Å². The predicted molar refractivity (Wildman–Crippen MR) is 63.9 cm³/mol. The van der Waals surface area contributed by atoms with E-state index in [9.17, 15) is 4.79 Å². The molecule has 2 aromatic rings. The summed E-state index contributed by atoms with van der Waals surface area (Å²) >= 11 is 0. The Balaban J connectivity index is 2.11. The second-order valence-corrected chi connectivity index (χ2v) is 3.69. The predicted octanol–water partition coefficient (Wildman–Crippen LogP) is 1.73. The first-order valence-corrected chi connectivity index (χ1v) is 5.21. The molecule has 0 aliphatic heterocycles. The SMILES string of the molecule is Cn1ccc(NCc2ccccc2C(=O)O)n1. The van der Waals surface area contributed by atoms with Gasteiger partial charge in [-0.2, -0.15) is 5.10 Å². The van der Waals surface area contributed by atoms with Crippen molar-refractivity contribution < 1.29 is 9.90 Å². The molecule has 0 unspecified atom stereocenters. The number of aryl methyl sites for hydroxylation is 1. The van der Waals surface area contributed by atoms with Crippen molar-refractivity contribution in [3.8, 4) is 0 Å². The molecular weight excluding hydrogens is 218 g/mol. The van der Waals surface area contributed by atoms with Gasteiger partial charge in [-0.1, -0.05) is 18.2 Å². The van der Waals surface area contributed by atoms with Crippen LogP contribution in [0.3, 0.4) is 0 Å². The molecule has 0 bridgehead atoms. The molecule has 0 spiro atoms. The van der Waals surface area contributed by atoms with E-state index >= 15 is 0 Å². The van der Waals surface area contributed by atoms with Crippen molar-refractivity contribution in [2.24, 2.45) is 7.05 Å². The third-order valence-electron chi connectivity index (χ3n) is 2.42. The van der Waals surface area contributed by atoms with Crippen LogP contribution in [-0.4, -0.2) is 20.9 Å². The Hall–Kier alpha value is -2.30. The van der Waals surface area contributed by atoms with Crippen LogP contribution in [0.2, 0.25) is 0 Å². The van der Waals surface area contributed by atoms with Crippen molar-refractivity contribution in [2.45, 2.75) is 6.54 Å². The minimum absolute atomic E-state index is 0.316. The van der Waals surface area contributed by atoms with Gasteiger partial charge in [0.25, 0.3) is 0 Å². The zero-order valence-corrected chi connectivity index (χ0v) is 9.42. The maximum Gasteiger partial charge on any atom is 0.336 e. The van der Waals surface area contributed by atoms with E-state index < -0.39 is 5.97 Å². The van der Waals surface area contributed by atoms with Gasteiger partial charge < -0.3 is 10.4 Å². The van der Waals surface area contributed by atoms with Crippen LogP contribution in [0, 0.1) is 0 Å². The summed E-state index contributed by atoms with van der Waals surface area (Å²) in [6.07, 6.45) is 1.82. The molecule has 0 fully saturated rings. The number of benzene rings is 1. The minimum atomic E-state index is -0.913. The molecule has 2 N–H and O–H groups in total. The normalized spacial score (nSPS) is 10.2. The van der Waals surface area contributed by atoms with Gasteiger partial charge in [-0.25, -0.2) is 4.79 Å². The van der Waals surface area contributed by atoms with Crippen LogP contribution in [0.1, 0.15) is 15.9 Å². The van der Waals surface area contributed by atoms with E-state index in [0.717, 1.165) is 11.4 Å². The Morgan fingerprint density at radius 3 is 2.82 bits per heavy atom. The Morgan fingerprint density at radius 2 is 2.18 bits per heavy atom. The molecule has 0 saturated heterocycles. The summed E-state index contributed by atoms with van der Waals surface area (Å²) in [7, 11) is 1.83. The van der Waals surface area contributed by atoms with E-state index in [1.807, 2.05) is 25.4 Å². The lowest BCUT2D eigenvalue weighted by molar-refractivity contribution is 0.0696. The fourth-order valence-electron chi connectivity index (χ4n) is 1.58. The Kier molecular flexibility index (Phi) is 3.09. The molecule has 88 valence electrons. The molecule has 0 aliphatic carbocycles. The average molecular weight is 231 g/mol. The Bertz CT molecular complexity index is 534. The number of nitrogens with zero attached hydrogens (tertiary/aromatic N) is 2. The zero-order chi connectivity index (χ0) is 12.3. The van der Waals surface area contributed by atoms with Gasteiger partial charge in [-0.05, 0) is 11.6 Å². The van der Waals surface area contributed by atoms with Crippen LogP contribution in [0.4, 0.5) is 5.82 Å². The molecule has 1 aromatic heterocycles. The fraction of sp³-hybridized carbons (Fsp3) is 0.167. The number of aromatic nitrogens is 2. The average Bonchev–Trinajstić information content (AvgIpc) is 2.73. The van der Waals surface area contributed by atoms with Crippen LogP contribution in [0.5, 0.6) is 0 Å². The highest BCUT2D eigenvalue weighted by Gasteiger charge is 2.08. The lowest BCUT2D eigenvalue weighted by Gasteiger charge is -2.06. The van der Waals surface area contributed by atoms with Crippen molar-refractivity contribution in [3.63, 3.8) is 0 Å². The maximum atomic E-state index is 11.0. The largest absolute Gasteiger partial charge is 0.478 e. The van der Waals surface area contributed by atoms with E-state index in [0.29, 0.717) is 12.1 Å². The van der Waals surface area contributed by atoms with E-state index in [-0.39, 0.29) is 0 Å². The van der Waals surface area contributed by atoms with Gasteiger partial charge in [0, 0.05) is 25.9 Å². The molecule has 5 nitrogen and oxygen atoms in total. The van der Waals surface area contributed by atoms with Gasteiger partial charge in [0.2, 0.25) is 0 Å². The first-order chi connectivity index (χ1) is 8.16. The van der Waals surface area contributed by atoms with E-state index in [1.54, 1.807) is 22.9 Å². The summed E-state index contributed by atoms with van der Waals surface area (Å²) in [6.45, 7) is 0.444. The molecule has 0 radical (unpaired) electrons. The molecule has 0 atom stereocenters. The third kappa shape index (κ3) is 2.63. The summed E-state index contributed by atoms with van der Waals surface area (Å²) in [5, 5.41) is 16.3. The quantitative estimate of drug-likeness (QED) is 0.841. The van der Waals surface area contributed by atoms with Gasteiger partial charge >= 0.3 is 5.97 Å². The summed E-state index contributed by atoms with van der Waals surface area (Å²) in [5.74, 6) is -0.184. The number of hydrogen-bond acceptors (Lipinski definition) is 3. The number of aromatic carboxylic acids is 1. The Morgan fingerprint density at radius 1 is 1.41 bits per heavy atom. The van der Waals surface area contributed by atoms with Crippen molar-refractivity contribution in [1.82, 2.24) is 9.78 Å². The van der Waals surface area contributed by atoms with E-state index in [4.69, 9.17) is 5.11 Å². The standard InChI is InChI=1S/C12H13N3O2/c1-15-7-6-11(14-15)13-8-9-4-2-3-5-10(9)12(16)17/h2-7H,8H2,1H3,(H,13,14)(H,16,17). The van der Waals surface area contributed by atoms with E-state index in [2.05, 4.69) is 10.4 Å². The van der Waals surface area contributed by atoms with E-state index in [1.165, 1.54) is 0 Å². The lowest BCUT2D eigenvalue weighted by Crippen LogP contribution is -2.07. The monoisotopic (exact) mass is 231 g/mol. The summed E-state index contributed by atoms with van der Waals surface area (Å²) in [6, 6.07) is 8.76. The smallest absolute Gasteiger partial charge is 0.336 e. The molecule has 5 heteroatoms. The summed E-state index contributed by atoms with van der Waals surface area (Å²) < 4.78 is 1.69. The third-order valence-corrected chi connectivity index (χ3v) is 2.42. The van der Waals surface area contributed by atoms with Crippen LogP contribution in [0.25, 0.3) is 0 Å². The Labute approximate surface area is 98.7 Å². The lowest BCUT2D eigenvalue weighted by atomic mass is 10.1. The zero-order valence-electron chi connectivity index (χ0n) is 9.42. The number of nitrogens with one attached hydrogen (secondary N) is 1. The molecule has 0 aliphatic rings. The molecule has 1 aromatic carbocycles. The topological polar surface area (TPSA) is 67.2 Å². The van der Waals surface area contributed by atoms with Gasteiger partial charge in [0.1, 0.15) is 5.82 Å². The van der Waals surface area contributed by atoms with Gasteiger partial charge in [-0.15, -0.1) is 0 Å². The van der Waals surface area contributed by atoms with Gasteiger partial charge in [0.15, 0.2) is 0 Å². The van der Waals surface area contributed by atoms with Crippen LogP contribution >= 0.6 is 0 Å². The first-order valence-electron chi connectivity index (χ1n) is 5.21. The van der Waals surface area contributed by atoms with Gasteiger partial charge in [0.05, 0.1) is 5.56 Å². The second kappa shape index (κ2) is 4.69. The molecule has 0 saturated carbocycles. The molecule has 17 heavy (non-hydrogen) atoms. The van der Waals surface area contributed by atoms with Gasteiger partial charge in [-0.3, -0.25) is 4.68 Å². The summed E-state index contributed by atoms with van der Waals surface area (Å²) in [4.78, 5) is 11.0. The minimum Gasteiger partial charge on any atom is -0.478 e. The fourth-order valence-corrected chi connectivity index (χ4v) is 1.58. The highest BCUT2D eigenvalue weighted by molar-refractivity contribution is 5.89. The summed E-state index contributed by atoms with van der Waals surface area (Å²) in [5.41, 5.74) is 1.06. The highest BCUT2D eigenvalue weighted by atomic mass is 16.4. The molecule has 1 heterocycles. The number of carbonyl (C=O) groups is 1. The first kappa shape index (κ1) is 11.2. The molecule has 2 rings (SSSR count). The molecular formula is C12H13N3O2. The number of rotatable bonds is 4. The number of carboxylic acids is 1. The number of hydrogen-bond donors (Lipinski definition) is 2. The van der Waals surface area contributed by atoms with Crippen LogP contribution in [0.15, 0.2) is 36.5 Å². The van der Waals surface area contributed by atoms with Crippen molar-refractivity contribution in [2.75, 3.05) is 5.32 Å². The van der Waals surface area contributed by atoms with Crippen LogP contribution in [-0.2, 0) is 13.6 Å². The van der Waals surface area contributed by atoms with Crippen LogP contribution < -0.4 is 5.32 Å².